The first-order valence-electron chi connectivity index (χ1n) is 7.14. The van der Waals surface area contributed by atoms with E-state index in [2.05, 4.69) is 44.3 Å². The molecule has 20 heavy (non-hydrogen) atoms. The average molecular weight is 276 g/mol. The van der Waals surface area contributed by atoms with Crippen LogP contribution in [0.4, 0.5) is 0 Å². The third kappa shape index (κ3) is 3.02. The Morgan fingerprint density at radius 2 is 2.20 bits per heavy atom. The number of hydrogen-bond donors (Lipinski definition) is 1. The number of nitrogens with one attached hydrogen (secondary N) is 1. The topological polar surface area (TPSA) is 41.6 Å². The highest BCUT2D eigenvalue weighted by atomic mass is 16.5. The SMILES string of the molecule is COCC(C(C)C)N1C(=O)CNC1c1cccc(C)c1. The molecule has 1 aliphatic heterocycles. The van der Waals surface area contributed by atoms with Crippen molar-refractivity contribution in [3.05, 3.63) is 35.4 Å². The molecule has 0 aromatic heterocycles. The maximum Gasteiger partial charge on any atom is 0.238 e. The fourth-order valence-corrected chi connectivity index (χ4v) is 2.78. The van der Waals surface area contributed by atoms with Crippen molar-refractivity contribution >= 4 is 5.91 Å². The van der Waals surface area contributed by atoms with E-state index in [0.717, 1.165) is 5.56 Å². The summed E-state index contributed by atoms with van der Waals surface area (Å²) in [5, 5.41) is 3.31. The van der Waals surface area contributed by atoms with Crippen molar-refractivity contribution < 1.29 is 9.53 Å². The Balaban J connectivity index is 2.30. The Labute approximate surface area is 121 Å². The minimum absolute atomic E-state index is 0.0510. The summed E-state index contributed by atoms with van der Waals surface area (Å²) in [6, 6.07) is 8.40. The lowest BCUT2D eigenvalue weighted by atomic mass is 10.0. The summed E-state index contributed by atoms with van der Waals surface area (Å²) in [7, 11) is 1.69. The van der Waals surface area contributed by atoms with Gasteiger partial charge in [0, 0.05) is 7.11 Å². The molecular formula is C16H24N2O2. The Morgan fingerprint density at radius 3 is 2.80 bits per heavy atom. The lowest BCUT2D eigenvalue weighted by Gasteiger charge is -2.35. The number of amides is 1. The number of benzene rings is 1. The van der Waals surface area contributed by atoms with Gasteiger partial charge in [0.1, 0.15) is 6.17 Å². The molecule has 0 aliphatic carbocycles. The number of hydrogen-bond acceptors (Lipinski definition) is 3. The standard InChI is InChI=1S/C16H24N2O2/c1-11(2)14(10-20-4)18-15(19)9-17-16(18)13-7-5-6-12(3)8-13/h5-8,11,14,16-17H,9-10H2,1-4H3. The first kappa shape index (κ1) is 15.0. The molecule has 1 aromatic carbocycles. The predicted octanol–water partition coefficient (Wildman–Crippen LogP) is 2.10. The summed E-state index contributed by atoms with van der Waals surface area (Å²) in [4.78, 5) is 14.2. The molecule has 1 aliphatic rings. The summed E-state index contributed by atoms with van der Waals surface area (Å²) in [5.41, 5.74) is 2.34. The summed E-state index contributed by atoms with van der Waals surface area (Å²) in [5.74, 6) is 0.498. The Kier molecular flexibility index (Phi) is 4.78. The number of aryl methyl sites for hydroxylation is 1. The van der Waals surface area contributed by atoms with Gasteiger partial charge in [-0.15, -0.1) is 0 Å². The van der Waals surface area contributed by atoms with E-state index in [1.807, 2.05) is 11.0 Å². The van der Waals surface area contributed by atoms with Crippen molar-refractivity contribution in [2.24, 2.45) is 5.92 Å². The number of carbonyl (C=O) groups excluding carboxylic acids is 1. The fourth-order valence-electron chi connectivity index (χ4n) is 2.78. The quantitative estimate of drug-likeness (QED) is 0.895. The zero-order valence-corrected chi connectivity index (χ0v) is 12.7. The smallest absolute Gasteiger partial charge is 0.238 e. The summed E-state index contributed by atoms with van der Waals surface area (Å²) >= 11 is 0. The van der Waals surface area contributed by atoms with Gasteiger partial charge < -0.3 is 9.64 Å². The van der Waals surface area contributed by atoms with Crippen LogP contribution >= 0.6 is 0 Å². The van der Waals surface area contributed by atoms with Crippen LogP contribution in [0.5, 0.6) is 0 Å². The molecule has 0 radical (unpaired) electrons. The zero-order chi connectivity index (χ0) is 14.7. The van der Waals surface area contributed by atoms with Gasteiger partial charge in [0.25, 0.3) is 0 Å². The number of nitrogens with zero attached hydrogens (tertiary/aromatic N) is 1. The molecule has 1 heterocycles. The van der Waals surface area contributed by atoms with Crippen LogP contribution in [0.3, 0.4) is 0 Å². The van der Waals surface area contributed by atoms with Crippen molar-refractivity contribution in [3.8, 4) is 0 Å². The predicted molar refractivity (Wildman–Crippen MR) is 79.3 cm³/mol. The van der Waals surface area contributed by atoms with E-state index in [9.17, 15) is 4.79 Å². The minimum atomic E-state index is -0.0510. The van der Waals surface area contributed by atoms with Crippen molar-refractivity contribution in [1.29, 1.82) is 0 Å². The van der Waals surface area contributed by atoms with Gasteiger partial charge in [-0.05, 0) is 18.4 Å². The molecule has 0 saturated carbocycles. The molecule has 0 bridgehead atoms. The van der Waals surface area contributed by atoms with Crippen LogP contribution in [0.1, 0.15) is 31.1 Å². The van der Waals surface area contributed by atoms with E-state index in [0.29, 0.717) is 19.1 Å². The number of carbonyl (C=O) groups is 1. The molecule has 110 valence electrons. The molecule has 2 rings (SSSR count). The van der Waals surface area contributed by atoms with Crippen LogP contribution in [0.25, 0.3) is 0 Å². The lowest BCUT2D eigenvalue weighted by molar-refractivity contribution is -0.132. The highest BCUT2D eigenvalue weighted by Gasteiger charge is 2.37. The molecule has 1 saturated heterocycles. The lowest BCUT2D eigenvalue weighted by Crippen LogP contribution is -2.45. The summed E-state index contributed by atoms with van der Waals surface area (Å²) in [6.07, 6.45) is -0.0510. The largest absolute Gasteiger partial charge is 0.383 e. The Hall–Kier alpha value is -1.39. The van der Waals surface area contributed by atoms with Crippen LogP contribution in [-0.4, -0.2) is 37.1 Å². The maximum absolute atomic E-state index is 12.3. The van der Waals surface area contributed by atoms with E-state index in [1.165, 1.54) is 5.56 Å². The normalized spacial score (nSPS) is 20.8. The second kappa shape index (κ2) is 6.37. The molecule has 1 fully saturated rings. The van der Waals surface area contributed by atoms with Crippen molar-refractivity contribution in [1.82, 2.24) is 10.2 Å². The van der Waals surface area contributed by atoms with Crippen LogP contribution in [0.2, 0.25) is 0 Å². The Morgan fingerprint density at radius 1 is 1.45 bits per heavy atom. The first-order valence-corrected chi connectivity index (χ1v) is 7.14. The highest BCUT2D eigenvalue weighted by molar-refractivity contribution is 5.81. The third-order valence-corrected chi connectivity index (χ3v) is 3.83. The molecular weight excluding hydrogens is 252 g/mol. The van der Waals surface area contributed by atoms with Crippen LogP contribution in [-0.2, 0) is 9.53 Å². The molecule has 1 aromatic rings. The molecule has 1 N–H and O–H groups in total. The second-order valence-electron chi connectivity index (χ2n) is 5.77. The van der Waals surface area contributed by atoms with Gasteiger partial charge in [0.2, 0.25) is 5.91 Å². The highest BCUT2D eigenvalue weighted by Crippen LogP contribution is 2.28. The van der Waals surface area contributed by atoms with Gasteiger partial charge >= 0.3 is 0 Å². The van der Waals surface area contributed by atoms with Crippen molar-refractivity contribution in [3.63, 3.8) is 0 Å². The molecule has 4 heteroatoms. The van der Waals surface area contributed by atoms with Gasteiger partial charge in [0.05, 0.1) is 19.2 Å². The van der Waals surface area contributed by atoms with Gasteiger partial charge in [-0.3, -0.25) is 10.1 Å². The maximum atomic E-state index is 12.3. The van der Waals surface area contributed by atoms with Crippen molar-refractivity contribution in [2.45, 2.75) is 33.0 Å². The van der Waals surface area contributed by atoms with Crippen LogP contribution in [0.15, 0.2) is 24.3 Å². The first-order chi connectivity index (χ1) is 9.54. The van der Waals surface area contributed by atoms with E-state index in [4.69, 9.17) is 4.74 Å². The van der Waals surface area contributed by atoms with E-state index >= 15 is 0 Å². The molecule has 4 nitrogen and oxygen atoms in total. The molecule has 0 spiro atoms. The average Bonchev–Trinajstić information content (AvgIpc) is 2.77. The van der Waals surface area contributed by atoms with Crippen molar-refractivity contribution in [2.75, 3.05) is 20.3 Å². The van der Waals surface area contributed by atoms with Gasteiger partial charge in [-0.1, -0.05) is 43.7 Å². The van der Waals surface area contributed by atoms with Crippen LogP contribution < -0.4 is 5.32 Å². The van der Waals surface area contributed by atoms with Gasteiger partial charge in [0.15, 0.2) is 0 Å². The van der Waals surface area contributed by atoms with Crippen LogP contribution in [0, 0.1) is 12.8 Å². The molecule has 2 unspecified atom stereocenters. The Bertz CT molecular complexity index is 473. The van der Waals surface area contributed by atoms with Gasteiger partial charge in [-0.25, -0.2) is 0 Å². The zero-order valence-electron chi connectivity index (χ0n) is 12.7. The monoisotopic (exact) mass is 276 g/mol. The molecule has 2 atom stereocenters. The van der Waals surface area contributed by atoms with E-state index in [1.54, 1.807) is 7.11 Å². The van der Waals surface area contributed by atoms with E-state index in [-0.39, 0.29) is 18.1 Å². The summed E-state index contributed by atoms with van der Waals surface area (Å²) in [6.45, 7) is 7.28. The molecule has 1 amide bonds. The number of rotatable bonds is 5. The second-order valence-corrected chi connectivity index (χ2v) is 5.77. The third-order valence-electron chi connectivity index (χ3n) is 3.83. The summed E-state index contributed by atoms with van der Waals surface area (Å²) < 4.78 is 5.31. The van der Waals surface area contributed by atoms with E-state index < -0.39 is 0 Å². The fraction of sp³-hybridized carbons (Fsp3) is 0.562. The number of methoxy groups -OCH3 is 1. The number of ether oxygens (including phenoxy) is 1. The minimum Gasteiger partial charge on any atom is -0.383 e. The van der Waals surface area contributed by atoms with Gasteiger partial charge in [-0.2, -0.15) is 0 Å².